The molecule has 1 aliphatic heterocycles. The number of rotatable bonds is 7. The van der Waals surface area contributed by atoms with Crippen molar-refractivity contribution in [3.63, 3.8) is 0 Å². The van der Waals surface area contributed by atoms with Gasteiger partial charge in [-0.1, -0.05) is 18.6 Å². The molecule has 0 bridgehead atoms. The van der Waals surface area contributed by atoms with Gasteiger partial charge in [0, 0.05) is 13.6 Å². The van der Waals surface area contributed by atoms with Crippen LogP contribution < -0.4 is 9.62 Å². The highest BCUT2D eigenvalue weighted by molar-refractivity contribution is 7.92. The summed E-state index contributed by atoms with van der Waals surface area (Å²) in [6.45, 7) is 3.88. The molecule has 0 aliphatic carbocycles. The lowest BCUT2D eigenvalue weighted by Gasteiger charge is -2.26. The van der Waals surface area contributed by atoms with E-state index in [1.54, 1.807) is 24.3 Å². The Hall–Kier alpha value is -1.60. The standard InChI is InChI=1S/C17H27N3O3S/c1-19(24(2,22)23)16-10-5-4-9-15(16)17(21)18-11-8-14-20-12-6-3-7-13-20/h4-5,9-10H,3,6-8,11-14H2,1-2H3,(H,18,21). The summed E-state index contributed by atoms with van der Waals surface area (Å²) in [5.41, 5.74) is 0.775. The molecule has 7 heteroatoms. The second kappa shape index (κ2) is 8.48. The Balaban J connectivity index is 1.90. The first-order valence-corrected chi connectivity index (χ1v) is 10.3. The van der Waals surface area contributed by atoms with E-state index >= 15 is 0 Å². The van der Waals surface area contributed by atoms with Crippen molar-refractivity contribution in [1.82, 2.24) is 10.2 Å². The van der Waals surface area contributed by atoms with Gasteiger partial charge in [0.1, 0.15) is 0 Å². The van der Waals surface area contributed by atoms with Gasteiger partial charge >= 0.3 is 0 Å². The van der Waals surface area contributed by atoms with E-state index < -0.39 is 10.0 Å². The van der Waals surface area contributed by atoms with Crippen molar-refractivity contribution >= 4 is 21.6 Å². The summed E-state index contributed by atoms with van der Waals surface area (Å²) in [5.74, 6) is -0.236. The van der Waals surface area contributed by atoms with E-state index in [0.29, 0.717) is 17.8 Å². The third-order valence-corrected chi connectivity index (χ3v) is 5.56. The first-order valence-electron chi connectivity index (χ1n) is 8.43. The van der Waals surface area contributed by atoms with E-state index in [1.165, 1.54) is 26.3 Å². The number of carbonyl (C=O) groups is 1. The fourth-order valence-corrected chi connectivity index (χ4v) is 3.42. The molecule has 6 nitrogen and oxygen atoms in total. The minimum Gasteiger partial charge on any atom is -0.352 e. The van der Waals surface area contributed by atoms with Crippen molar-refractivity contribution in [3.8, 4) is 0 Å². The lowest BCUT2D eigenvalue weighted by Crippen LogP contribution is -2.34. The third kappa shape index (κ3) is 5.21. The van der Waals surface area contributed by atoms with E-state index in [4.69, 9.17) is 0 Å². The van der Waals surface area contributed by atoms with Crippen LogP contribution in [-0.2, 0) is 10.0 Å². The second-order valence-electron chi connectivity index (χ2n) is 6.26. The third-order valence-electron chi connectivity index (χ3n) is 4.37. The smallest absolute Gasteiger partial charge is 0.253 e. The summed E-state index contributed by atoms with van der Waals surface area (Å²) in [5, 5.41) is 2.90. The van der Waals surface area contributed by atoms with Crippen LogP contribution in [0.25, 0.3) is 0 Å². The summed E-state index contributed by atoms with van der Waals surface area (Å²) in [4.78, 5) is 14.8. The predicted octanol–water partition coefficient (Wildman–Crippen LogP) is 1.69. The molecule has 0 spiro atoms. The van der Waals surface area contributed by atoms with E-state index in [9.17, 15) is 13.2 Å². The zero-order chi connectivity index (χ0) is 17.6. The number of para-hydroxylation sites is 1. The van der Waals surface area contributed by atoms with Gasteiger partial charge in [-0.3, -0.25) is 9.10 Å². The highest BCUT2D eigenvalue weighted by atomic mass is 32.2. The summed E-state index contributed by atoms with van der Waals surface area (Å²) < 4.78 is 24.6. The van der Waals surface area contributed by atoms with E-state index in [2.05, 4.69) is 10.2 Å². The Morgan fingerprint density at radius 3 is 2.54 bits per heavy atom. The minimum absolute atomic E-state index is 0.236. The Labute approximate surface area is 144 Å². The fraction of sp³-hybridized carbons (Fsp3) is 0.588. The number of carbonyl (C=O) groups excluding carboxylic acids is 1. The largest absolute Gasteiger partial charge is 0.352 e. The molecule has 1 aliphatic rings. The number of benzene rings is 1. The van der Waals surface area contributed by atoms with Crippen molar-refractivity contribution < 1.29 is 13.2 Å². The Bertz CT molecular complexity index is 655. The molecule has 0 radical (unpaired) electrons. The van der Waals surface area contributed by atoms with Crippen LogP contribution in [0.4, 0.5) is 5.69 Å². The van der Waals surface area contributed by atoms with Gasteiger partial charge in [0.05, 0.1) is 17.5 Å². The summed E-state index contributed by atoms with van der Waals surface area (Å²) in [6, 6.07) is 6.76. The zero-order valence-corrected chi connectivity index (χ0v) is 15.3. The topological polar surface area (TPSA) is 69.7 Å². The average Bonchev–Trinajstić information content (AvgIpc) is 2.58. The van der Waals surface area contributed by atoms with Crippen LogP contribution in [0.15, 0.2) is 24.3 Å². The summed E-state index contributed by atoms with van der Waals surface area (Å²) in [7, 11) is -1.95. The molecule has 1 N–H and O–H groups in total. The van der Waals surface area contributed by atoms with Gasteiger partial charge in [-0.05, 0) is 51.0 Å². The molecular weight excluding hydrogens is 326 g/mol. The molecule has 24 heavy (non-hydrogen) atoms. The summed E-state index contributed by atoms with van der Waals surface area (Å²) >= 11 is 0. The van der Waals surface area contributed by atoms with Crippen LogP contribution >= 0.6 is 0 Å². The average molecular weight is 353 g/mol. The molecule has 0 unspecified atom stereocenters. The Morgan fingerprint density at radius 1 is 1.21 bits per heavy atom. The Morgan fingerprint density at radius 2 is 1.88 bits per heavy atom. The van der Waals surface area contributed by atoms with Gasteiger partial charge in [-0.15, -0.1) is 0 Å². The Kier molecular flexibility index (Phi) is 6.62. The van der Waals surface area contributed by atoms with Crippen LogP contribution in [0.3, 0.4) is 0 Å². The highest BCUT2D eigenvalue weighted by Gasteiger charge is 2.19. The van der Waals surface area contributed by atoms with Crippen molar-refractivity contribution in [2.75, 3.05) is 43.8 Å². The molecule has 134 valence electrons. The number of nitrogens with zero attached hydrogens (tertiary/aromatic N) is 2. The van der Waals surface area contributed by atoms with Crippen molar-refractivity contribution in [2.24, 2.45) is 0 Å². The SMILES string of the molecule is CN(c1ccccc1C(=O)NCCCN1CCCCC1)S(C)(=O)=O. The summed E-state index contributed by atoms with van der Waals surface area (Å²) in [6.07, 6.45) is 5.86. The van der Waals surface area contributed by atoms with Gasteiger partial charge in [0.15, 0.2) is 0 Å². The molecule has 0 atom stereocenters. The van der Waals surface area contributed by atoms with Crippen LogP contribution in [0.5, 0.6) is 0 Å². The van der Waals surface area contributed by atoms with Gasteiger partial charge in [-0.25, -0.2) is 8.42 Å². The number of amides is 1. The maximum atomic E-state index is 12.4. The first kappa shape index (κ1) is 18.7. The molecular formula is C17H27N3O3S. The minimum atomic E-state index is -3.40. The second-order valence-corrected chi connectivity index (χ2v) is 8.27. The van der Waals surface area contributed by atoms with Crippen LogP contribution in [0.2, 0.25) is 0 Å². The van der Waals surface area contributed by atoms with Crippen molar-refractivity contribution in [3.05, 3.63) is 29.8 Å². The molecule has 1 aromatic carbocycles. The molecule has 0 saturated carbocycles. The number of nitrogens with one attached hydrogen (secondary N) is 1. The maximum Gasteiger partial charge on any atom is 0.253 e. The number of hydrogen-bond acceptors (Lipinski definition) is 4. The quantitative estimate of drug-likeness (QED) is 0.758. The van der Waals surface area contributed by atoms with Crippen molar-refractivity contribution in [1.29, 1.82) is 0 Å². The lowest BCUT2D eigenvalue weighted by atomic mass is 10.1. The normalized spacial score (nSPS) is 15.9. The number of anilines is 1. The molecule has 2 rings (SSSR count). The van der Waals surface area contributed by atoms with Crippen molar-refractivity contribution in [2.45, 2.75) is 25.7 Å². The van der Waals surface area contributed by atoms with Gasteiger partial charge in [0.2, 0.25) is 10.0 Å². The van der Waals surface area contributed by atoms with Gasteiger partial charge < -0.3 is 10.2 Å². The maximum absolute atomic E-state index is 12.4. The van der Waals surface area contributed by atoms with Crippen LogP contribution in [-0.4, -0.2) is 58.7 Å². The lowest BCUT2D eigenvalue weighted by molar-refractivity contribution is 0.0952. The first-order chi connectivity index (χ1) is 11.4. The molecule has 1 saturated heterocycles. The molecule has 1 amide bonds. The zero-order valence-electron chi connectivity index (χ0n) is 14.5. The highest BCUT2D eigenvalue weighted by Crippen LogP contribution is 2.21. The van der Waals surface area contributed by atoms with E-state index in [-0.39, 0.29) is 5.91 Å². The van der Waals surface area contributed by atoms with Gasteiger partial charge in [0.25, 0.3) is 5.91 Å². The van der Waals surface area contributed by atoms with Crippen LogP contribution in [0.1, 0.15) is 36.0 Å². The molecule has 1 heterocycles. The molecule has 1 aromatic rings. The fourth-order valence-electron chi connectivity index (χ4n) is 2.90. The monoisotopic (exact) mass is 353 g/mol. The van der Waals surface area contributed by atoms with Crippen LogP contribution in [0, 0.1) is 0 Å². The number of hydrogen-bond donors (Lipinski definition) is 1. The number of sulfonamides is 1. The molecule has 1 fully saturated rings. The van der Waals surface area contributed by atoms with E-state index in [1.807, 2.05) is 0 Å². The predicted molar refractivity (Wildman–Crippen MR) is 96.9 cm³/mol. The number of likely N-dealkylation sites (tertiary alicyclic amines) is 1. The van der Waals surface area contributed by atoms with Gasteiger partial charge in [-0.2, -0.15) is 0 Å². The van der Waals surface area contributed by atoms with E-state index in [0.717, 1.165) is 36.6 Å². The molecule has 0 aromatic heterocycles. The number of piperidine rings is 1.